The Morgan fingerprint density at radius 1 is 1.33 bits per heavy atom. The molecule has 0 aliphatic carbocycles. The van der Waals surface area contributed by atoms with Gasteiger partial charge in [-0.3, -0.25) is 9.78 Å². The van der Waals surface area contributed by atoms with Crippen molar-refractivity contribution in [3.63, 3.8) is 0 Å². The number of nitrogens with one attached hydrogen (secondary N) is 3. The summed E-state index contributed by atoms with van der Waals surface area (Å²) in [6, 6.07) is 0.691. The second-order valence-electron chi connectivity index (χ2n) is 5.10. The van der Waals surface area contributed by atoms with Crippen LogP contribution in [0.5, 0.6) is 0 Å². The van der Waals surface area contributed by atoms with E-state index in [0.29, 0.717) is 18.2 Å². The van der Waals surface area contributed by atoms with Crippen molar-refractivity contribution < 1.29 is 13.2 Å². The maximum Gasteiger partial charge on any atom is 0.244 e. The monoisotopic (exact) mass is 314 g/mol. The molecule has 0 radical (unpaired) electrons. The van der Waals surface area contributed by atoms with Gasteiger partial charge in [0.25, 0.3) is 0 Å². The molecule has 1 atom stereocenters. The molecule has 21 heavy (non-hydrogen) atoms. The standard InChI is InChI=1S/C13H22N4O3S/c1-9(2)7-16-13(18)10(3)17-21(19,20)12-8-15-6-5-11(12)14-4/h5-6,8-10,17H,7H2,1-4H3,(H,14,15)(H,16,18). The van der Waals surface area contributed by atoms with Crippen molar-refractivity contribution in [3.05, 3.63) is 18.5 Å². The van der Waals surface area contributed by atoms with Gasteiger partial charge in [-0.1, -0.05) is 13.8 Å². The van der Waals surface area contributed by atoms with E-state index in [1.54, 1.807) is 13.1 Å². The lowest BCUT2D eigenvalue weighted by molar-refractivity contribution is -0.122. The van der Waals surface area contributed by atoms with Gasteiger partial charge in [-0.25, -0.2) is 8.42 Å². The molecule has 1 rings (SSSR count). The third-order valence-electron chi connectivity index (χ3n) is 2.75. The number of rotatable bonds is 7. The van der Waals surface area contributed by atoms with Crippen molar-refractivity contribution >= 4 is 21.6 Å². The van der Waals surface area contributed by atoms with Crippen LogP contribution in [0.4, 0.5) is 5.69 Å². The molecule has 0 aromatic carbocycles. The summed E-state index contributed by atoms with van der Waals surface area (Å²) in [6.07, 6.45) is 2.73. The topological polar surface area (TPSA) is 100 Å². The average Bonchev–Trinajstić information content (AvgIpc) is 2.44. The number of hydrogen-bond acceptors (Lipinski definition) is 5. The van der Waals surface area contributed by atoms with Gasteiger partial charge in [0.15, 0.2) is 0 Å². The highest BCUT2D eigenvalue weighted by Crippen LogP contribution is 2.18. The predicted molar refractivity (Wildman–Crippen MR) is 81.4 cm³/mol. The number of nitrogens with zero attached hydrogens (tertiary/aromatic N) is 1. The molecule has 8 heteroatoms. The van der Waals surface area contributed by atoms with Crippen LogP contribution in [-0.2, 0) is 14.8 Å². The van der Waals surface area contributed by atoms with Gasteiger partial charge < -0.3 is 10.6 Å². The second-order valence-corrected chi connectivity index (χ2v) is 6.79. The fourth-order valence-corrected chi connectivity index (χ4v) is 2.97. The summed E-state index contributed by atoms with van der Waals surface area (Å²) in [5.74, 6) is -0.0610. The Kier molecular flexibility index (Phi) is 6.10. The lowest BCUT2D eigenvalue weighted by Gasteiger charge is -2.16. The normalized spacial score (nSPS) is 13.0. The molecule has 0 saturated carbocycles. The van der Waals surface area contributed by atoms with Crippen LogP contribution in [-0.4, -0.2) is 38.9 Å². The van der Waals surface area contributed by atoms with Crippen molar-refractivity contribution in [1.29, 1.82) is 0 Å². The van der Waals surface area contributed by atoms with Crippen LogP contribution < -0.4 is 15.4 Å². The van der Waals surface area contributed by atoms with E-state index in [0.717, 1.165) is 0 Å². The van der Waals surface area contributed by atoms with Crippen molar-refractivity contribution in [3.8, 4) is 0 Å². The summed E-state index contributed by atoms with van der Waals surface area (Å²) < 4.78 is 26.9. The smallest absolute Gasteiger partial charge is 0.244 e. The lowest BCUT2D eigenvalue weighted by Crippen LogP contribution is -2.45. The number of anilines is 1. The largest absolute Gasteiger partial charge is 0.387 e. The molecular formula is C13H22N4O3S. The van der Waals surface area contributed by atoms with Crippen LogP contribution in [0.25, 0.3) is 0 Å². The number of aromatic nitrogens is 1. The molecule has 1 amide bonds. The van der Waals surface area contributed by atoms with Gasteiger partial charge in [-0.15, -0.1) is 0 Å². The summed E-state index contributed by atoms with van der Waals surface area (Å²) in [5.41, 5.74) is 0.423. The Labute approximate surface area is 125 Å². The van der Waals surface area contributed by atoms with Crippen LogP contribution >= 0.6 is 0 Å². The van der Waals surface area contributed by atoms with Gasteiger partial charge in [0.2, 0.25) is 15.9 Å². The molecule has 0 saturated heterocycles. The Balaban J connectivity index is 2.83. The molecule has 0 aliphatic heterocycles. The lowest BCUT2D eigenvalue weighted by atomic mass is 10.2. The zero-order chi connectivity index (χ0) is 16.0. The number of pyridine rings is 1. The molecule has 3 N–H and O–H groups in total. The van der Waals surface area contributed by atoms with E-state index < -0.39 is 16.1 Å². The maximum atomic E-state index is 12.3. The summed E-state index contributed by atoms with van der Waals surface area (Å²) in [6.45, 7) is 5.93. The van der Waals surface area contributed by atoms with Gasteiger partial charge in [0.1, 0.15) is 4.90 Å². The molecule has 0 spiro atoms. The van der Waals surface area contributed by atoms with Crippen molar-refractivity contribution in [2.45, 2.75) is 31.7 Å². The van der Waals surface area contributed by atoms with Crippen LogP contribution in [0.1, 0.15) is 20.8 Å². The maximum absolute atomic E-state index is 12.3. The molecule has 1 aromatic rings. The van der Waals surface area contributed by atoms with Crippen molar-refractivity contribution in [2.24, 2.45) is 5.92 Å². The van der Waals surface area contributed by atoms with Crippen molar-refractivity contribution in [1.82, 2.24) is 15.0 Å². The number of carbonyl (C=O) groups excluding carboxylic acids is 1. The van der Waals surface area contributed by atoms with E-state index in [9.17, 15) is 13.2 Å². The van der Waals surface area contributed by atoms with Crippen LogP contribution in [0.2, 0.25) is 0 Å². The molecule has 0 aliphatic rings. The summed E-state index contributed by atoms with van der Waals surface area (Å²) in [7, 11) is -2.20. The van der Waals surface area contributed by atoms with Crippen LogP contribution in [0.15, 0.2) is 23.4 Å². The molecule has 1 aromatic heterocycles. The predicted octanol–water partition coefficient (Wildman–Crippen LogP) is 0.562. The highest BCUT2D eigenvalue weighted by atomic mass is 32.2. The summed E-state index contributed by atoms with van der Waals surface area (Å²) in [4.78, 5) is 15.7. The van der Waals surface area contributed by atoms with E-state index in [4.69, 9.17) is 0 Å². The third kappa shape index (κ3) is 4.98. The Hall–Kier alpha value is -1.67. The first-order chi connectivity index (χ1) is 9.77. The first kappa shape index (κ1) is 17.4. The van der Waals surface area contributed by atoms with Gasteiger partial charge in [-0.05, 0) is 18.9 Å². The van der Waals surface area contributed by atoms with E-state index in [1.165, 1.54) is 19.3 Å². The molecule has 118 valence electrons. The average molecular weight is 314 g/mol. The zero-order valence-electron chi connectivity index (χ0n) is 12.7. The Morgan fingerprint density at radius 3 is 2.57 bits per heavy atom. The van der Waals surface area contributed by atoms with E-state index >= 15 is 0 Å². The number of amides is 1. The minimum atomic E-state index is -3.82. The Bertz CT molecular complexity index is 587. The minimum absolute atomic E-state index is 0.0102. The molecule has 7 nitrogen and oxygen atoms in total. The SMILES string of the molecule is CNc1ccncc1S(=O)(=O)NC(C)C(=O)NCC(C)C. The molecular weight excluding hydrogens is 292 g/mol. The van der Waals surface area contributed by atoms with Crippen LogP contribution in [0, 0.1) is 5.92 Å². The summed E-state index contributed by atoms with van der Waals surface area (Å²) in [5, 5.41) is 5.47. The first-order valence-electron chi connectivity index (χ1n) is 6.69. The fraction of sp³-hybridized carbons (Fsp3) is 0.538. The molecule has 0 bridgehead atoms. The van der Waals surface area contributed by atoms with Gasteiger partial charge >= 0.3 is 0 Å². The van der Waals surface area contributed by atoms with E-state index in [1.807, 2.05) is 13.8 Å². The number of hydrogen-bond donors (Lipinski definition) is 3. The fourth-order valence-electron chi connectivity index (χ4n) is 1.61. The van der Waals surface area contributed by atoms with Crippen LogP contribution in [0.3, 0.4) is 0 Å². The van der Waals surface area contributed by atoms with E-state index in [2.05, 4.69) is 20.3 Å². The van der Waals surface area contributed by atoms with Crippen molar-refractivity contribution in [2.75, 3.05) is 18.9 Å². The van der Waals surface area contributed by atoms with Gasteiger partial charge in [0, 0.05) is 26.0 Å². The molecule has 0 fully saturated rings. The molecule has 1 heterocycles. The quantitative estimate of drug-likeness (QED) is 0.683. The van der Waals surface area contributed by atoms with Gasteiger partial charge in [0.05, 0.1) is 11.7 Å². The number of sulfonamides is 1. The Morgan fingerprint density at radius 2 is 2.00 bits per heavy atom. The second kappa shape index (κ2) is 7.37. The highest BCUT2D eigenvalue weighted by molar-refractivity contribution is 7.89. The third-order valence-corrected chi connectivity index (χ3v) is 4.32. The number of carbonyl (C=O) groups is 1. The minimum Gasteiger partial charge on any atom is -0.387 e. The molecule has 1 unspecified atom stereocenters. The van der Waals surface area contributed by atoms with E-state index in [-0.39, 0.29) is 10.8 Å². The highest BCUT2D eigenvalue weighted by Gasteiger charge is 2.24. The van der Waals surface area contributed by atoms with Gasteiger partial charge in [-0.2, -0.15) is 4.72 Å². The first-order valence-corrected chi connectivity index (χ1v) is 8.18. The summed E-state index contributed by atoms with van der Waals surface area (Å²) >= 11 is 0. The zero-order valence-corrected chi connectivity index (χ0v) is 13.5.